The Morgan fingerprint density at radius 2 is 2.13 bits per heavy atom. The second-order valence-corrected chi connectivity index (χ2v) is 5.08. The monoisotopic (exact) mass is 226 g/mol. The van der Waals surface area contributed by atoms with Crippen LogP contribution in [0.2, 0.25) is 0 Å². The van der Waals surface area contributed by atoms with Gasteiger partial charge in [-0.3, -0.25) is 0 Å². The number of hydrogen-bond donors (Lipinski definition) is 1. The van der Waals surface area contributed by atoms with Crippen LogP contribution in [0.3, 0.4) is 0 Å². The first-order chi connectivity index (χ1) is 7.20. The van der Waals surface area contributed by atoms with Gasteiger partial charge < -0.3 is 0 Å². The lowest BCUT2D eigenvalue weighted by atomic mass is 9.78. The third kappa shape index (κ3) is 2.12. The lowest BCUT2D eigenvalue weighted by Crippen LogP contribution is -2.28. The summed E-state index contributed by atoms with van der Waals surface area (Å²) in [5.41, 5.74) is 0. The SMILES string of the molecule is CC(C)C1CCCCC1n1[nH]nnc1=S. The Balaban J connectivity index is 2.25. The molecule has 2 unspecified atom stereocenters. The number of nitrogens with zero attached hydrogens (tertiary/aromatic N) is 3. The summed E-state index contributed by atoms with van der Waals surface area (Å²) >= 11 is 5.16. The fourth-order valence-electron chi connectivity index (χ4n) is 2.66. The van der Waals surface area contributed by atoms with Crippen LogP contribution in [0.5, 0.6) is 0 Å². The summed E-state index contributed by atoms with van der Waals surface area (Å²) in [6, 6.07) is 0.473. The predicted molar refractivity (Wildman–Crippen MR) is 61.0 cm³/mol. The molecule has 0 aromatic carbocycles. The molecule has 0 saturated heterocycles. The molecule has 1 heterocycles. The van der Waals surface area contributed by atoms with Crippen molar-refractivity contribution in [2.45, 2.75) is 45.6 Å². The highest BCUT2D eigenvalue weighted by Gasteiger charge is 2.29. The molecule has 1 aliphatic rings. The van der Waals surface area contributed by atoms with E-state index in [1.807, 2.05) is 4.68 Å². The van der Waals surface area contributed by atoms with Gasteiger partial charge in [-0.25, -0.2) is 4.68 Å². The normalized spacial score (nSPS) is 27.1. The molecule has 1 N–H and O–H groups in total. The van der Waals surface area contributed by atoms with Gasteiger partial charge in [-0.1, -0.05) is 37.0 Å². The van der Waals surface area contributed by atoms with Crippen molar-refractivity contribution in [1.82, 2.24) is 20.2 Å². The van der Waals surface area contributed by atoms with E-state index < -0.39 is 0 Å². The molecule has 0 radical (unpaired) electrons. The van der Waals surface area contributed by atoms with Crippen LogP contribution in [0.25, 0.3) is 0 Å². The van der Waals surface area contributed by atoms with Gasteiger partial charge in [0.25, 0.3) is 0 Å². The Kier molecular flexibility index (Phi) is 3.19. The van der Waals surface area contributed by atoms with Gasteiger partial charge in [-0.2, -0.15) is 5.21 Å². The molecule has 0 aliphatic heterocycles. The van der Waals surface area contributed by atoms with Crippen molar-refractivity contribution in [2.75, 3.05) is 0 Å². The van der Waals surface area contributed by atoms with Crippen molar-refractivity contribution in [2.24, 2.45) is 11.8 Å². The van der Waals surface area contributed by atoms with Crippen LogP contribution in [0, 0.1) is 16.6 Å². The molecule has 84 valence electrons. The summed E-state index contributed by atoms with van der Waals surface area (Å²) in [4.78, 5) is 0. The average molecular weight is 226 g/mol. The zero-order valence-electron chi connectivity index (χ0n) is 9.31. The molecule has 0 amide bonds. The predicted octanol–water partition coefficient (Wildman–Crippen LogP) is 2.72. The fraction of sp³-hybridized carbons (Fsp3) is 0.900. The molecule has 15 heavy (non-hydrogen) atoms. The number of tetrazole rings is 1. The molecule has 0 bridgehead atoms. The molecule has 2 atom stereocenters. The Bertz CT molecular complexity index is 367. The first-order valence-electron chi connectivity index (χ1n) is 5.69. The van der Waals surface area contributed by atoms with Crippen molar-refractivity contribution in [3.05, 3.63) is 4.77 Å². The summed E-state index contributed by atoms with van der Waals surface area (Å²) in [6.07, 6.45) is 5.12. The summed E-state index contributed by atoms with van der Waals surface area (Å²) in [5, 5.41) is 10.5. The maximum Gasteiger partial charge on any atom is 0.238 e. The Labute approximate surface area is 95.1 Å². The Morgan fingerprint density at radius 1 is 1.40 bits per heavy atom. The van der Waals surface area contributed by atoms with Gasteiger partial charge >= 0.3 is 0 Å². The van der Waals surface area contributed by atoms with E-state index in [2.05, 4.69) is 29.4 Å². The molecule has 2 rings (SSSR count). The largest absolute Gasteiger partial charge is 0.239 e. The van der Waals surface area contributed by atoms with Crippen molar-refractivity contribution in [1.29, 1.82) is 0 Å². The van der Waals surface area contributed by atoms with Gasteiger partial charge in [0.2, 0.25) is 4.77 Å². The molecule has 1 aliphatic carbocycles. The minimum Gasteiger partial charge on any atom is -0.239 e. The topological polar surface area (TPSA) is 46.5 Å². The molecule has 0 spiro atoms. The molecular weight excluding hydrogens is 208 g/mol. The van der Waals surface area contributed by atoms with E-state index in [0.717, 1.165) is 0 Å². The standard InChI is InChI=1S/C10H18N4S/c1-7(2)8-5-3-4-6-9(8)14-10(15)11-12-13-14/h7-9H,3-6H2,1-2H3,(H,11,13,15). The fourth-order valence-corrected chi connectivity index (χ4v) is 2.88. The van der Waals surface area contributed by atoms with Gasteiger partial charge in [0, 0.05) is 0 Å². The number of H-pyrrole nitrogens is 1. The molecule has 1 aromatic rings. The van der Waals surface area contributed by atoms with Gasteiger partial charge in [-0.15, -0.1) is 0 Å². The Hall–Kier alpha value is -0.710. The highest BCUT2D eigenvalue weighted by molar-refractivity contribution is 7.71. The van der Waals surface area contributed by atoms with Gasteiger partial charge in [0.15, 0.2) is 0 Å². The summed E-state index contributed by atoms with van der Waals surface area (Å²) in [5.74, 6) is 1.40. The highest BCUT2D eigenvalue weighted by atomic mass is 32.1. The first-order valence-corrected chi connectivity index (χ1v) is 6.10. The van der Waals surface area contributed by atoms with Crippen LogP contribution in [-0.4, -0.2) is 20.2 Å². The van der Waals surface area contributed by atoms with Gasteiger partial charge in [0.05, 0.1) is 6.04 Å². The van der Waals surface area contributed by atoms with E-state index in [9.17, 15) is 0 Å². The molecule has 1 aromatic heterocycles. The average Bonchev–Trinajstić information content (AvgIpc) is 2.64. The lowest BCUT2D eigenvalue weighted by molar-refractivity contribution is 0.169. The molecule has 4 nitrogen and oxygen atoms in total. The van der Waals surface area contributed by atoms with E-state index in [-0.39, 0.29) is 0 Å². The highest BCUT2D eigenvalue weighted by Crippen LogP contribution is 2.37. The molecule has 5 heteroatoms. The minimum atomic E-state index is 0.473. The third-order valence-electron chi connectivity index (χ3n) is 3.46. The smallest absolute Gasteiger partial charge is 0.238 e. The second kappa shape index (κ2) is 4.43. The molecule has 1 saturated carbocycles. The van der Waals surface area contributed by atoms with Crippen LogP contribution in [-0.2, 0) is 0 Å². The van der Waals surface area contributed by atoms with Gasteiger partial charge in [-0.05, 0) is 36.9 Å². The lowest BCUT2D eigenvalue weighted by Gasteiger charge is -2.34. The van der Waals surface area contributed by atoms with E-state index in [1.165, 1.54) is 25.7 Å². The molecule has 1 fully saturated rings. The van der Waals surface area contributed by atoms with Crippen LogP contribution in [0.15, 0.2) is 0 Å². The number of nitrogens with one attached hydrogen (secondary N) is 1. The van der Waals surface area contributed by atoms with Crippen molar-refractivity contribution >= 4 is 12.2 Å². The van der Waals surface area contributed by atoms with Gasteiger partial charge in [0.1, 0.15) is 0 Å². The second-order valence-electron chi connectivity index (χ2n) is 4.71. The number of rotatable bonds is 2. The first kappa shape index (κ1) is 10.8. The maximum atomic E-state index is 5.16. The van der Waals surface area contributed by atoms with E-state index in [1.54, 1.807) is 0 Å². The number of hydrogen-bond acceptors (Lipinski definition) is 3. The van der Waals surface area contributed by atoms with E-state index in [4.69, 9.17) is 12.2 Å². The van der Waals surface area contributed by atoms with Crippen molar-refractivity contribution in [3.8, 4) is 0 Å². The van der Waals surface area contributed by atoms with Crippen LogP contribution < -0.4 is 0 Å². The maximum absolute atomic E-state index is 5.16. The Morgan fingerprint density at radius 3 is 2.73 bits per heavy atom. The van der Waals surface area contributed by atoms with Crippen molar-refractivity contribution < 1.29 is 0 Å². The van der Waals surface area contributed by atoms with Crippen LogP contribution in [0.1, 0.15) is 45.6 Å². The number of aromatic amines is 1. The van der Waals surface area contributed by atoms with Crippen LogP contribution in [0.4, 0.5) is 0 Å². The quantitative estimate of drug-likeness (QED) is 0.789. The minimum absolute atomic E-state index is 0.473. The van der Waals surface area contributed by atoms with Crippen molar-refractivity contribution in [3.63, 3.8) is 0 Å². The summed E-state index contributed by atoms with van der Waals surface area (Å²) < 4.78 is 2.56. The molecular formula is C10H18N4S. The summed E-state index contributed by atoms with van der Waals surface area (Å²) in [6.45, 7) is 4.58. The van der Waals surface area contributed by atoms with Crippen LogP contribution >= 0.6 is 12.2 Å². The summed E-state index contributed by atoms with van der Waals surface area (Å²) in [7, 11) is 0. The zero-order valence-corrected chi connectivity index (χ0v) is 10.1. The number of aromatic nitrogens is 4. The van der Waals surface area contributed by atoms with E-state index >= 15 is 0 Å². The third-order valence-corrected chi connectivity index (χ3v) is 3.74. The zero-order chi connectivity index (χ0) is 10.8. The van der Waals surface area contributed by atoms with E-state index in [0.29, 0.717) is 22.6 Å².